The summed E-state index contributed by atoms with van der Waals surface area (Å²) in [6, 6.07) is 11.7. The molecular weight excluding hydrogens is 410 g/mol. The number of aromatic amines is 1. The minimum absolute atomic E-state index is 0.102. The number of piperazine rings is 1. The van der Waals surface area contributed by atoms with Crippen LogP contribution in [0, 0.1) is 6.92 Å². The Balaban J connectivity index is 1.47. The number of hydrogen-bond acceptors (Lipinski definition) is 7. The molecule has 1 aliphatic heterocycles. The van der Waals surface area contributed by atoms with Crippen LogP contribution in [-0.4, -0.2) is 58.2 Å². The van der Waals surface area contributed by atoms with E-state index < -0.39 is 11.5 Å². The molecule has 1 aliphatic rings. The van der Waals surface area contributed by atoms with Crippen molar-refractivity contribution in [1.82, 2.24) is 14.9 Å². The van der Waals surface area contributed by atoms with Crippen LogP contribution in [0.15, 0.2) is 59.7 Å². The molecule has 9 nitrogen and oxygen atoms in total. The molecule has 32 heavy (non-hydrogen) atoms. The van der Waals surface area contributed by atoms with Crippen LogP contribution < -0.4 is 20.8 Å². The number of nitrogen functional groups attached to an aromatic ring is 1. The summed E-state index contributed by atoms with van der Waals surface area (Å²) in [7, 11) is 0. The van der Waals surface area contributed by atoms with E-state index in [1.807, 2.05) is 30.0 Å². The van der Waals surface area contributed by atoms with Gasteiger partial charge in [-0.3, -0.25) is 9.59 Å². The quantitative estimate of drug-likeness (QED) is 0.558. The highest BCUT2D eigenvalue weighted by molar-refractivity contribution is 5.92. The monoisotopic (exact) mass is 435 g/mol. The number of nitrogens with zero attached hydrogens (tertiary/aromatic N) is 3. The zero-order chi connectivity index (χ0) is 22.7. The Kier molecular flexibility index (Phi) is 6.09. The molecule has 0 aliphatic carbocycles. The maximum Gasteiger partial charge on any atom is 0.270 e. The predicted molar refractivity (Wildman–Crippen MR) is 121 cm³/mol. The second kappa shape index (κ2) is 9.11. The first-order valence-electron chi connectivity index (χ1n) is 10.3. The minimum Gasteiger partial charge on any atom is -0.452 e. The normalized spacial score (nSPS) is 16.1. The summed E-state index contributed by atoms with van der Waals surface area (Å²) < 4.78 is 5.63. The van der Waals surface area contributed by atoms with Crippen LogP contribution in [0.25, 0.3) is 0 Å². The number of H-pyrrole nitrogens is 1. The van der Waals surface area contributed by atoms with Gasteiger partial charge in [0.15, 0.2) is 5.75 Å². The van der Waals surface area contributed by atoms with Crippen molar-refractivity contribution in [3.8, 4) is 11.5 Å². The highest BCUT2D eigenvalue weighted by atomic mass is 16.5. The topological polar surface area (TPSA) is 125 Å². The molecule has 1 amide bonds. The van der Waals surface area contributed by atoms with Gasteiger partial charge in [-0.05, 0) is 31.2 Å². The van der Waals surface area contributed by atoms with Crippen molar-refractivity contribution in [2.24, 2.45) is 0 Å². The van der Waals surface area contributed by atoms with Gasteiger partial charge in [-0.15, -0.1) is 0 Å². The third-order valence-electron chi connectivity index (χ3n) is 5.45. The van der Waals surface area contributed by atoms with Crippen molar-refractivity contribution in [3.05, 3.63) is 76.3 Å². The maximum atomic E-state index is 13.1. The number of aliphatic hydroxyl groups excluding tert-OH is 1. The van der Waals surface area contributed by atoms with E-state index in [9.17, 15) is 14.7 Å². The van der Waals surface area contributed by atoms with Crippen LogP contribution in [0.4, 0.5) is 11.5 Å². The summed E-state index contributed by atoms with van der Waals surface area (Å²) >= 11 is 0. The summed E-state index contributed by atoms with van der Waals surface area (Å²) in [5.41, 5.74) is 7.34. The average molecular weight is 435 g/mol. The summed E-state index contributed by atoms with van der Waals surface area (Å²) in [6.07, 6.45) is 3.06. The largest absolute Gasteiger partial charge is 0.452 e. The molecule has 4 rings (SSSR count). The lowest BCUT2D eigenvalue weighted by atomic mass is 10.1. The average Bonchev–Trinajstić information content (AvgIpc) is 2.81. The highest BCUT2D eigenvalue weighted by Gasteiger charge is 2.31. The number of pyridine rings is 2. The van der Waals surface area contributed by atoms with E-state index in [0.717, 1.165) is 11.3 Å². The molecule has 0 radical (unpaired) electrons. The number of benzene rings is 1. The van der Waals surface area contributed by atoms with Gasteiger partial charge < -0.3 is 30.4 Å². The molecule has 166 valence electrons. The lowest BCUT2D eigenvalue weighted by Crippen LogP contribution is -2.57. The zero-order valence-electron chi connectivity index (χ0n) is 17.7. The molecule has 0 spiro atoms. The lowest BCUT2D eigenvalue weighted by Gasteiger charge is -2.41. The molecular formula is C23H25N5O4. The zero-order valence-corrected chi connectivity index (χ0v) is 17.7. The Morgan fingerprint density at radius 3 is 2.69 bits per heavy atom. The number of aryl methyl sites for hydroxylation is 1. The third-order valence-corrected chi connectivity index (χ3v) is 5.45. The van der Waals surface area contributed by atoms with Gasteiger partial charge in [-0.1, -0.05) is 17.7 Å². The Morgan fingerprint density at radius 2 is 2.03 bits per heavy atom. The number of aliphatic hydroxyl groups is 1. The Hall–Kier alpha value is -3.85. The molecule has 1 saturated heterocycles. The second-order valence-corrected chi connectivity index (χ2v) is 7.71. The molecule has 1 aromatic carbocycles. The van der Waals surface area contributed by atoms with E-state index in [1.165, 1.54) is 12.3 Å². The van der Waals surface area contributed by atoms with Crippen LogP contribution in [0.1, 0.15) is 16.1 Å². The van der Waals surface area contributed by atoms with E-state index >= 15 is 0 Å². The van der Waals surface area contributed by atoms with Gasteiger partial charge in [0, 0.05) is 31.9 Å². The molecule has 1 unspecified atom stereocenters. The van der Waals surface area contributed by atoms with Crippen molar-refractivity contribution in [1.29, 1.82) is 0 Å². The van der Waals surface area contributed by atoms with Crippen molar-refractivity contribution >= 4 is 17.4 Å². The molecule has 3 aromatic rings. The van der Waals surface area contributed by atoms with Crippen molar-refractivity contribution < 1.29 is 14.6 Å². The number of anilines is 2. The lowest BCUT2D eigenvalue weighted by molar-refractivity contribution is 0.0559. The van der Waals surface area contributed by atoms with Crippen LogP contribution >= 0.6 is 0 Å². The molecule has 0 bridgehead atoms. The number of rotatable bonds is 5. The van der Waals surface area contributed by atoms with Crippen molar-refractivity contribution in [2.45, 2.75) is 13.0 Å². The minimum atomic E-state index is -0.430. The molecule has 2 aromatic heterocycles. The predicted octanol–water partition coefficient (Wildman–Crippen LogP) is 1.78. The Labute approximate surface area is 185 Å². The second-order valence-electron chi connectivity index (χ2n) is 7.71. The summed E-state index contributed by atoms with van der Waals surface area (Å²) in [6.45, 7) is 3.14. The van der Waals surface area contributed by atoms with Gasteiger partial charge >= 0.3 is 0 Å². The first kappa shape index (κ1) is 21.4. The van der Waals surface area contributed by atoms with Crippen LogP contribution in [0.3, 0.4) is 0 Å². The summed E-state index contributed by atoms with van der Waals surface area (Å²) in [5.74, 6) is 0.719. The van der Waals surface area contributed by atoms with Crippen LogP contribution in [0.5, 0.6) is 11.5 Å². The molecule has 1 fully saturated rings. The number of hydrogen-bond donors (Lipinski definition) is 3. The molecule has 3 heterocycles. The summed E-state index contributed by atoms with van der Waals surface area (Å²) in [5, 5.41) is 9.90. The standard InChI is InChI=1S/C23H25N5O4/c1-15-2-5-18(6-3-15)32-21-12-25-19(10-20(21)30)23(31)28-9-8-27(13-17(28)14-29)16-4-7-22(24)26-11-16/h2-7,10-12,17,29H,8-9,13-14H2,1H3,(H2,24,26)(H,25,30). The molecule has 0 saturated carbocycles. The Morgan fingerprint density at radius 1 is 1.25 bits per heavy atom. The summed E-state index contributed by atoms with van der Waals surface area (Å²) in [4.78, 5) is 36.2. The van der Waals surface area contributed by atoms with E-state index in [1.54, 1.807) is 29.3 Å². The third kappa shape index (κ3) is 4.57. The van der Waals surface area contributed by atoms with Crippen molar-refractivity contribution in [3.63, 3.8) is 0 Å². The fourth-order valence-electron chi connectivity index (χ4n) is 3.65. The number of nitrogens with one attached hydrogen (secondary N) is 1. The Bertz CT molecular complexity index is 1140. The first-order valence-corrected chi connectivity index (χ1v) is 10.3. The number of ether oxygens (including phenoxy) is 1. The molecule has 9 heteroatoms. The van der Waals surface area contributed by atoms with E-state index in [2.05, 4.69) is 9.97 Å². The number of carbonyl (C=O) groups excluding carboxylic acids is 1. The van der Waals surface area contributed by atoms with E-state index in [0.29, 0.717) is 31.2 Å². The van der Waals surface area contributed by atoms with Gasteiger partial charge in [-0.25, -0.2) is 4.98 Å². The van der Waals surface area contributed by atoms with Gasteiger partial charge in [0.1, 0.15) is 17.3 Å². The maximum absolute atomic E-state index is 13.1. The van der Waals surface area contributed by atoms with Crippen LogP contribution in [-0.2, 0) is 0 Å². The van der Waals surface area contributed by atoms with Crippen LogP contribution in [0.2, 0.25) is 0 Å². The van der Waals surface area contributed by atoms with Gasteiger partial charge in [0.05, 0.1) is 24.5 Å². The molecule has 4 N–H and O–H groups in total. The fourth-order valence-corrected chi connectivity index (χ4v) is 3.65. The molecule has 1 atom stereocenters. The smallest absolute Gasteiger partial charge is 0.270 e. The number of nitrogens with two attached hydrogens (primary N) is 1. The van der Waals surface area contributed by atoms with Gasteiger partial charge in [0.2, 0.25) is 5.43 Å². The van der Waals surface area contributed by atoms with Gasteiger partial charge in [-0.2, -0.15) is 0 Å². The van der Waals surface area contributed by atoms with E-state index in [4.69, 9.17) is 10.5 Å². The SMILES string of the molecule is Cc1ccc(Oc2c[nH]c(C(=O)N3CCN(c4ccc(N)nc4)CC3CO)cc2=O)cc1. The highest BCUT2D eigenvalue weighted by Crippen LogP contribution is 2.21. The first-order chi connectivity index (χ1) is 15.4. The number of amides is 1. The number of carbonyl (C=O) groups is 1. The number of aromatic nitrogens is 2. The van der Waals surface area contributed by atoms with Crippen molar-refractivity contribution in [2.75, 3.05) is 36.9 Å². The fraction of sp³-hybridized carbons (Fsp3) is 0.261. The van der Waals surface area contributed by atoms with E-state index in [-0.39, 0.29) is 24.0 Å². The van der Waals surface area contributed by atoms with Gasteiger partial charge in [0.25, 0.3) is 5.91 Å².